The number of benzene rings is 1. The van der Waals surface area contributed by atoms with Crippen LogP contribution < -0.4 is 26.2 Å². The molecule has 1 aromatic carbocycles. The van der Waals surface area contributed by atoms with Gasteiger partial charge in [-0.1, -0.05) is 12.1 Å². The minimum Gasteiger partial charge on any atom is -0.496 e. The number of hydrogen-bond acceptors (Lipinski definition) is 9. The minimum absolute atomic E-state index is 0.0397. The van der Waals surface area contributed by atoms with Gasteiger partial charge in [-0.3, -0.25) is 0 Å². The van der Waals surface area contributed by atoms with E-state index in [1.165, 1.54) is 25.1 Å². The van der Waals surface area contributed by atoms with Crippen molar-refractivity contribution in [1.82, 2.24) is 26.1 Å². The average Bonchev–Trinajstić information content (AvgIpc) is 3.27. The quantitative estimate of drug-likeness (QED) is 0.527. The fourth-order valence-corrected chi connectivity index (χ4v) is 4.07. The molecule has 0 radical (unpaired) electrons. The number of esters is 1. The highest BCUT2D eigenvalue weighted by molar-refractivity contribution is 5.86. The van der Waals surface area contributed by atoms with Crippen LogP contribution >= 0.6 is 0 Å². The Morgan fingerprint density at radius 1 is 1.13 bits per heavy atom. The number of hydrazine groups is 1. The van der Waals surface area contributed by atoms with Gasteiger partial charge in [-0.05, 0) is 43.5 Å². The molecule has 3 heterocycles. The van der Waals surface area contributed by atoms with Gasteiger partial charge in [-0.15, -0.1) is 0 Å². The van der Waals surface area contributed by atoms with Gasteiger partial charge in [0.05, 0.1) is 38.8 Å². The Morgan fingerprint density at radius 2 is 1.97 bits per heavy atom. The Hall–Kier alpha value is -2.75. The Balaban J connectivity index is 1.40. The van der Waals surface area contributed by atoms with Crippen molar-refractivity contribution in [2.24, 2.45) is 0 Å². The highest BCUT2D eigenvalue weighted by atomic mass is 16.5. The van der Waals surface area contributed by atoms with Gasteiger partial charge in [0.25, 0.3) is 0 Å². The summed E-state index contributed by atoms with van der Waals surface area (Å²) in [6.45, 7) is 2.14. The van der Waals surface area contributed by atoms with E-state index in [1.54, 1.807) is 7.11 Å². The van der Waals surface area contributed by atoms with Crippen molar-refractivity contribution in [3.8, 4) is 5.75 Å². The molecule has 2 aliphatic rings. The van der Waals surface area contributed by atoms with Crippen molar-refractivity contribution in [2.45, 2.75) is 37.4 Å². The highest BCUT2D eigenvalue weighted by Crippen LogP contribution is 2.35. The van der Waals surface area contributed by atoms with Gasteiger partial charge in [-0.2, -0.15) is 0 Å². The lowest BCUT2D eigenvalue weighted by Gasteiger charge is -2.24. The van der Waals surface area contributed by atoms with Crippen molar-refractivity contribution in [3.63, 3.8) is 0 Å². The van der Waals surface area contributed by atoms with E-state index in [4.69, 9.17) is 4.74 Å². The first-order chi connectivity index (χ1) is 14.7. The fraction of sp³-hybridized carbons (Fsp3) is 0.476. The Kier molecular flexibility index (Phi) is 6.41. The molecule has 0 saturated carbocycles. The van der Waals surface area contributed by atoms with Crippen molar-refractivity contribution in [1.29, 1.82) is 0 Å². The maximum atomic E-state index is 11.5. The zero-order chi connectivity index (χ0) is 20.9. The summed E-state index contributed by atoms with van der Waals surface area (Å²) in [5.74, 6) is 1.57. The molecule has 2 aromatic rings. The maximum absolute atomic E-state index is 11.5. The lowest BCUT2D eigenvalue weighted by Crippen LogP contribution is -2.36. The number of piperidine rings is 1. The van der Waals surface area contributed by atoms with E-state index in [9.17, 15) is 4.79 Å². The SMILES string of the molecule is COC(=O)c1cnc(NC2CC(c3ccc(C4CCNCC4)cc3OC)NN2)cn1. The van der Waals surface area contributed by atoms with Crippen LogP contribution in [0.1, 0.15) is 52.8 Å². The third-order valence-corrected chi connectivity index (χ3v) is 5.72. The zero-order valence-corrected chi connectivity index (χ0v) is 17.3. The minimum atomic E-state index is -0.505. The Bertz CT molecular complexity index is 870. The first-order valence-electron chi connectivity index (χ1n) is 10.2. The first-order valence-corrected chi connectivity index (χ1v) is 10.2. The predicted octanol–water partition coefficient (Wildman–Crippen LogP) is 1.72. The number of carbonyl (C=O) groups excluding carboxylic acids is 1. The zero-order valence-electron chi connectivity index (χ0n) is 17.3. The second-order valence-electron chi connectivity index (χ2n) is 7.58. The number of hydrogen-bond donors (Lipinski definition) is 4. The van der Waals surface area contributed by atoms with Gasteiger partial charge in [0.15, 0.2) is 5.69 Å². The van der Waals surface area contributed by atoms with E-state index >= 15 is 0 Å². The molecule has 0 aliphatic carbocycles. The molecular weight excluding hydrogens is 384 g/mol. The van der Waals surface area contributed by atoms with Gasteiger partial charge in [0.1, 0.15) is 11.6 Å². The van der Waals surface area contributed by atoms with Crippen LogP contribution in [0, 0.1) is 0 Å². The van der Waals surface area contributed by atoms with Crippen molar-refractivity contribution >= 4 is 11.8 Å². The summed E-state index contributed by atoms with van der Waals surface area (Å²) in [6, 6.07) is 6.68. The normalized spacial score (nSPS) is 21.9. The van der Waals surface area contributed by atoms with Gasteiger partial charge in [0.2, 0.25) is 0 Å². The van der Waals surface area contributed by atoms with E-state index in [-0.39, 0.29) is 17.9 Å². The summed E-state index contributed by atoms with van der Waals surface area (Å²) in [5, 5.41) is 6.69. The van der Waals surface area contributed by atoms with Gasteiger partial charge in [-0.25, -0.2) is 25.6 Å². The third-order valence-electron chi connectivity index (χ3n) is 5.72. The summed E-state index contributed by atoms with van der Waals surface area (Å²) in [4.78, 5) is 19.8. The number of nitrogens with one attached hydrogen (secondary N) is 4. The second kappa shape index (κ2) is 9.38. The molecule has 2 saturated heterocycles. The van der Waals surface area contributed by atoms with Crippen molar-refractivity contribution < 1.29 is 14.3 Å². The standard InChI is InChI=1S/C21H28N6O3/c1-29-18-9-14(13-5-7-22-8-6-13)3-4-15(18)16-10-19(27-26-16)25-20-12-23-17(11-24-20)21(28)30-2/h3-4,9,11-13,16,19,22,26-27H,5-8,10H2,1-2H3,(H,24,25). The number of nitrogens with zero attached hydrogens (tertiary/aromatic N) is 2. The van der Waals surface area contributed by atoms with E-state index in [0.29, 0.717) is 11.7 Å². The van der Waals surface area contributed by atoms with Gasteiger partial charge in [0, 0.05) is 12.0 Å². The van der Waals surface area contributed by atoms with Crippen LogP contribution in [0.5, 0.6) is 5.75 Å². The van der Waals surface area contributed by atoms with Crippen molar-refractivity contribution in [3.05, 3.63) is 47.4 Å². The number of ether oxygens (including phenoxy) is 2. The van der Waals surface area contributed by atoms with Crippen LogP contribution in [0.3, 0.4) is 0 Å². The smallest absolute Gasteiger partial charge is 0.358 e. The van der Waals surface area contributed by atoms with Gasteiger partial charge >= 0.3 is 5.97 Å². The first kappa shape index (κ1) is 20.5. The van der Waals surface area contributed by atoms with Crippen LogP contribution in [0.15, 0.2) is 30.6 Å². The summed E-state index contributed by atoms with van der Waals surface area (Å²) >= 11 is 0. The van der Waals surface area contributed by atoms with E-state index in [0.717, 1.165) is 43.7 Å². The fourth-order valence-electron chi connectivity index (χ4n) is 4.07. The molecule has 30 heavy (non-hydrogen) atoms. The molecule has 4 N–H and O–H groups in total. The number of rotatable bonds is 6. The maximum Gasteiger partial charge on any atom is 0.358 e. The topological polar surface area (TPSA) is 109 Å². The number of aromatic nitrogens is 2. The summed E-state index contributed by atoms with van der Waals surface area (Å²) in [6.07, 6.45) is 6.00. The monoisotopic (exact) mass is 412 g/mol. The predicted molar refractivity (Wildman–Crippen MR) is 112 cm³/mol. The molecule has 0 bridgehead atoms. The molecule has 2 atom stereocenters. The molecule has 1 aromatic heterocycles. The largest absolute Gasteiger partial charge is 0.496 e. The summed E-state index contributed by atoms with van der Waals surface area (Å²) < 4.78 is 10.4. The van der Waals surface area contributed by atoms with Crippen molar-refractivity contribution in [2.75, 3.05) is 32.6 Å². The summed E-state index contributed by atoms with van der Waals surface area (Å²) in [5.41, 5.74) is 9.23. The average molecular weight is 412 g/mol. The molecule has 2 unspecified atom stereocenters. The molecule has 0 spiro atoms. The third kappa shape index (κ3) is 4.53. The van der Waals surface area contributed by atoms with E-state index in [2.05, 4.69) is 54.4 Å². The molecule has 9 heteroatoms. The van der Waals surface area contributed by atoms with Crippen LogP contribution in [-0.4, -0.2) is 49.4 Å². The molecular formula is C21H28N6O3. The Labute approximate surface area is 175 Å². The molecule has 2 aliphatic heterocycles. The second-order valence-corrected chi connectivity index (χ2v) is 7.58. The van der Waals surface area contributed by atoms with Crippen LogP contribution in [0.4, 0.5) is 5.82 Å². The van der Waals surface area contributed by atoms with E-state index < -0.39 is 5.97 Å². The number of anilines is 1. The molecule has 0 amide bonds. The van der Waals surface area contributed by atoms with Crippen LogP contribution in [0.2, 0.25) is 0 Å². The molecule has 9 nitrogen and oxygen atoms in total. The van der Waals surface area contributed by atoms with Gasteiger partial charge < -0.3 is 20.1 Å². The van der Waals surface area contributed by atoms with Crippen LogP contribution in [0.25, 0.3) is 0 Å². The summed E-state index contributed by atoms with van der Waals surface area (Å²) in [7, 11) is 3.04. The lowest BCUT2D eigenvalue weighted by molar-refractivity contribution is 0.0593. The number of carbonyl (C=O) groups is 1. The molecule has 2 fully saturated rings. The van der Waals surface area contributed by atoms with E-state index in [1.807, 2.05) is 0 Å². The number of methoxy groups -OCH3 is 2. The molecule has 160 valence electrons. The van der Waals surface area contributed by atoms with Crippen LogP contribution in [-0.2, 0) is 4.74 Å². The highest BCUT2D eigenvalue weighted by Gasteiger charge is 2.28. The Morgan fingerprint density at radius 3 is 2.67 bits per heavy atom. The lowest BCUT2D eigenvalue weighted by atomic mass is 9.88. The molecule has 4 rings (SSSR count).